The summed E-state index contributed by atoms with van der Waals surface area (Å²) in [6.07, 6.45) is 0. The summed E-state index contributed by atoms with van der Waals surface area (Å²) < 4.78 is 26.8. The molecule has 3 rings (SSSR count). The SMILES string of the molecule is O=S(=O)(Nc1nn[nH]n1)c1c(Cl)nc2ccccc2c1Cl. The Morgan fingerprint density at radius 3 is 2.67 bits per heavy atom. The highest BCUT2D eigenvalue weighted by Crippen LogP contribution is 2.34. The molecule has 0 bridgehead atoms. The van der Waals surface area contributed by atoms with Gasteiger partial charge in [0.05, 0.1) is 10.5 Å². The van der Waals surface area contributed by atoms with Gasteiger partial charge in [0.15, 0.2) is 5.15 Å². The van der Waals surface area contributed by atoms with E-state index in [-0.39, 0.29) is 21.0 Å². The Morgan fingerprint density at radius 1 is 1.19 bits per heavy atom. The number of sulfonamides is 1. The van der Waals surface area contributed by atoms with Crippen molar-refractivity contribution in [2.75, 3.05) is 4.72 Å². The van der Waals surface area contributed by atoms with E-state index in [9.17, 15) is 8.42 Å². The zero-order valence-electron chi connectivity index (χ0n) is 10.1. The number of nitrogens with one attached hydrogen (secondary N) is 2. The lowest BCUT2D eigenvalue weighted by atomic mass is 10.2. The van der Waals surface area contributed by atoms with Crippen LogP contribution in [0.3, 0.4) is 0 Å². The Hall–Kier alpha value is -1.97. The number of benzene rings is 1. The average Bonchev–Trinajstić information content (AvgIpc) is 2.90. The molecule has 0 aliphatic heterocycles. The predicted molar refractivity (Wildman–Crippen MR) is 76.7 cm³/mol. The van der Waals surface area contributed by atoms with E-state index < -0.39 is 10.0 Å². The number of nitrogens with zero attached hydrogens (tertiary/aromatic N) is 4. The van der Waals surface area contributed by atoms with Gasteiger partial charge in [0.2, 0.25) is 0 Å². The molecule has 0 saturated carbocycles. The maximum Gasteiger partial charge on any atom is 0.276 e. The van der Waals surface area contributed by atoms with Crippen molar-refractivity contribution < 1.29 is 8.42 Å². The maximum absolute atomic E-state index is 12.3. The molecule has 2 aromatic heterocycles. The van der Waals surface area contributed by atoms with E-state index in [0.29, 0.717) is 10.9 Å². The van der Waals surface area contributed by atoms with Crippen molar-refractivity contribution in [3.8, 4) is 0 Å². The number of halogens is 2. The number of hydrogen-bond donors (Lipinski definition) is 2. The normalized spacial score (nSPS) is 11.7. The van der Waals surface area contributed by atoms with Gasteiger partial charge in [0.25, 0.3) is 16.0 Å². The summed E-state index contributed by atoms with van der Waals surface area (Å²) in [5.74, 6) is -0.227. The zero-order valence-corrected chi connectivity index (χ0v) is 12.4. The van der Waals surface area contributed by atoms with Crippen molar-refractivity contribution in [2.24, 2.45) is 0 Å². The highest BCUT2D eigenvalue weighted by molar-refractivity contribution is 7.93. The monoisotopic (exact) mass is 344 g/mol. The minimum atomic E-state index is -4.10. The first-order valence-electron chi connectivity index (χ1n) is 5.49. The Kier molecular flexibility index (Phi) is 3.40. The predicted octanol–water partition coefficient (Wildman–Crippen LogP) is 1.86. The molecule has 0 aliphatic carbocycles. The maximum atomic E-state index is 12.3. The number of aromatic nitrogens is 5. The summed E-state index contributed by atoms with van der Waals surface area (Å²) >= 11 is 12.1. The fraction of sp³-hybridized carbons (Fsp3) is 0. The molecule has 0 fully saturated rings. The molecule has 0 aliphatic rings. The summed E-state index contributed by atoms with van der Waals surface area (Å²) in [5.41, 5.74) is 0.492. The van der Waals surface area contributed by atoms with Crippen molar-refractivity contribution >= 4 is 50.1 Å². The third kappa shape index (κ3) is 2.50. The molecule has 11 heteroatoms. The minimum Gasteiger partial charge on any atom is -0.244 e. The molecule has 3 aromatic rings. The van der Waals surface area contributed by atoms with Gasteiger partial charge < -0.3 is 0 Å². The van der Waals surface area contributed by atoms with E-state index in [2.05, 4.69) is 30.3 Å². The topological polar surface area (TPSA) is 114 Å². The fourth-order valence-corrected chi connectivity index (χ4v) is 3.87. The number of para-hydroxylation sites is 1. The highest BCUT2D eigenvalue weighted by atomic mass is 35.5. The molecule has 0 atom stereocenters. The quantitative estimate of drug-likeness (QED) is 0.701. The largest absolute Gasteiger partial charge is 0.276 e. The minimum absolute atomic E-state index is 0.0263. The van der Waals surface area contributed by atoms with Gasteiger partial charge in [0, 0.05) is 5.39 Å². The van der Waals surface area contributed by atoms with Crippen LogP contribution in [0.25, 0.3) is 10.9 Å². The number of hydrogen-bond acceptors (Lipinski definition) is 6. The number of anilines is 1. The lowest BCUT2D eigenvalue weighted by Crippen LogP contribution is -2.15. The molecule has 2 heterocycles. The fourth-order valence-electron chi connectivity index (χ4n) is 1.73. The molecule has 0 amide bonds. The van der Waals surface area contributed by atoms with Crippen LogP contribution < -0.4 is 4.72 Å². The first-order valence-corrected chi connectivity index (χ1v) is 7.73. The smallest absolute Gasteiger partial charge is 0.244 e. The Morgan fingerprint density at radius 2 is 1.95 bits per heavy atom. The van der Waals surface area contributed by atoms with Crippen molar-refractivity contribution in [3.05, 3.63) is 34.4 Å². The molecule has 0 unspecified atom stereocenters. The van der Waals surface area contributed by atoms with Gasteiger partial charge in [-0.1, -0.05) is 46.5 Å². The van der Waals surface area contributed by atoms with Crippen molar-refractivity contribution in [1.82, 2.24) is 25.6 Å². The highest BCUT2D eigenvalue weighted by Gasteiger charge is 2.26. The van der Waals surface area contributed by atoms with Crippen LogP contribution in [-0.2, 0) is 10.0 Å². The van der Waals surface area contributed by atoms with Crippen LogP contribution in [-0.4, -0.2) is 34.0 Å². The van der Waals surface area contributed by atoms with E-state index in [1.165, 1.54) is 0 Å². The second-order valence-corrected chi connectivity index (χ2v) is 6.26. The standard InChI is InChI=1S/C10H6Cl2N6O2S/c11-7-5-3-1-2-4-6(5)13-9(12)8(7)21(19,20)16-10-14-17-18-15-10/h1-4H,(H2,14,15,16,17,18). The summed E-state index contributed by atoms with van der Waals surface area (Å²) in [7, 11) is -4.10. The third-order valence-electron chi connectivity index (χ3n) is 2.59. The van der Waals surface area contributed by atoms with Crippen molar-refractivity contribution in [1.29, 1.82) is 0 Å². The van der Waals surface area contributed by atoms with Crippen LogP contribution >= 0.6 is 23.2 Å². The number of H-pyrrole nitrogens is 1. The number of fused-ring (bicyclic) bond motifs is 1. The Balaban J connectivity index is 2.20. The molecule has 8 nitrogen and oxygen atoms in total. The molecule has 108 valence electrons. The average molecular weight is 345 g/mol. The lowest BCUT2D eigenvalue weighted by molar-refractivity contribution is 0.600. The van der Waals surface area contributed by atoms with E-state index >= 15 is 0 Å². The van der Waals surface area contributed by atoms with Gasteiger partial charge in [-0.3, -0.25) is 0 Å². The number of tetrazole rings is 1. The third-order valence-corrected chi connectivity index (χ3v) is 4.86. The Labute approximate surface area is 128 Å². The van der Waals surface area contributed by atoms with Crippen LogP contribution in [0.1, 0.15) is 0 Å². The molecular formula is C10H6Cl2N6O2S. The summed E-state index contributed by atoms with van der Waals surface area (Å²) in [6, 6.07) is 6.78. The summed E-state index contributed by atoms with van der Waals surface area (Å²) in [5, 5.41) is 12.6. The van der Waals surface area contributed by atoms with Gasteiger partial charge >= 0.3 is 0 Å². The molecule has 0 spiro atoms. The van der Waals surface area contributed by atoms with E-state index in [1.54, 1.807) is 24.3 Å². The number of pyridine rings is 1. The van der Waals surface area contributed by atoms with Gasteiger partial charge in [-0.25, -0.2) is 18.1 Å². The summed E-state index contributed by atoms with van der Waals surface area (Å²) in [4.78, 5) is 3.69. The second-order valence-electron chi connectivity index (χ2n) is 3.90. The second kappa shape index (κ2) is 5.10. The zero-order chi connectivity index (χ0) is 15.0. The summed E-state index contributed by atoms with van der Waals surface area (Å²) in [6.45, 7) is 0. The van der Waals surface area contributed by atoms with Gasteiger partial charge in [-0.15, -0.1) is 5.10 Å². The molecule has 2 N–H and O–H groups in total. The van der Waals surface area contributed by atoms with Gasteiger partial charge in [-0.05, 0) is 11.3 Å². The Bertz CT molecular complexity index is 913. The molecule has 0 radical (unpaired) electrons. The van der Waals surface area contributed by atoms with Crippen molar-refractivity contribution in [3.63, 3.8) is 0 Å². The van der Waals surface area contributed by atoms with Crippen LogP contribution in [0.15, 0.2) is 29.2 Å². The molecule has 1 aromatic carbocycles. The lowest BCUT2D eigenvalue weighted by Gasteiger charge is -2.10. The van der Waals surface area contributed by atoms with E-state index in [1.807, 2.05) is 0 Å². The van der Waals surface area contributed by atoms with E-state index in [0.717, 1.165) is 0 Å². The molecular weight excluding hydrogens is 339 g/mol. The van der Waals surface area contributed by atoms with E-state index in [4.69, 9.17) is 23.2 Å². The van der Waals surface area contributed by atoms with Crippen LogP contribution in [0.4, 0.5) is 5.95 Å². The van der Waals surface area contributed by atoms with Gasteiger partial charge in [0.1, 0.15) is 4.90 Å². The van der Waals surface area contributed by atoms with Crippen LogP contribution in [0, 0.1) is 0 Å². The number of aromatic amines is 1. The van der Waals surface area contributed by atoms with Crippen molar-refractivity contribution in [2.45, 2.75) is 4.90 Å². The van der Waals surface area contributed by atoms with Crippen LogP contribution in [0.5, 0.6) is 0 Å². The first-order chi connectivity index (χ1) is 9.99. The first kappa shape index (κ1) is 14.0. The molecule has 0 saturated heterocycles. The van der Waals surface area contributed by atoms with Crippen LogP contribution in [0.2, 0.25) is 10.2 Å². The van der Waals surface area contributed by atoms with Gasteiger partial charge in [-0.2, -0.15) is 5.21 Å². The number of rotatable bonds is 3. The molecule has 21 heavy (non-hydrogen) atoms.